The van der Waals surface area contributed by atoms with Crippen molar-refractivity contribution in [2.24, 2.45) is 16.7 Å². The summed E-state index contributed by atoms with van der Waals surface area (Å²) in [5.41, 5.74) is -0.282. The van der Waals surface area contributed by atoms with Crippen LogP contribution in [0.1, 0.15) is 41.5 Å². The molecule has 0 atom stereocenters. The lowest BCUT2D eigenvalue weighted by Crippen LogP contribution is -2.36. The summed E-state index contributed by atoms with van der Waals surface area (Å²) in [4.78, 5) is 12.0. The zero-order valence-corrected chi connectivity index (χ0v) is 12.5. The molecule has 0 bridgehead atoms. The third-order valence-corrected chi connectivity index (χ3v) is 2.80. The van der Waals surface area contributed by atoms with Crippen LogP contribution in [-0.4, -0.2) is 32.6 Å². The second-order valence-corrected chi connectivity index (χ2v) is 6.59. The molecule has 0 saturated carbocycles. The number of ketones is 1. The Morgan fingerprint density at radius 1 is 1.18 bits per heavy atom. The zero-order chi connectivity index (χ0) is 13.7. The summed E-state index contributed by atoms with van der Waals surface area (Å²) in [6.45, 7) is 14.2. The van der Waals surface area contributed by atoms with Gasteiger partial charge in [-0.1, -0.05) is 41.5 Å². The molecule has 0 aromatic carbocycles. The van der Waals surface area contributed by atoms with Gasteiger partial charge in [0.05, 0.1) is 13.2 Å². The summed E-state index contributed by atoms with van der Waals surface area (Å²) in [5, 5.41) is 3.15. The van der Waals surface area contributed by atoms with Crippen LogP contribution in [-0.2, 0) is 9.53 Å². The van der Waals surface area contributed by atoms with Gasteiger partial charge in [0.1, 0.15) is 5.78 Å². The van der Waals surface area contributed by atoms with Crippen molar-refractivity contribution in [3.05, 3.63) is 0 Å². The van der Waals surface area contributed by atoms with E-state index in [0.29, 0.717) is 13.2 Å². The molecule has 0 amide bonds. The molecule has 0 heterocycles. The van der Waals surface area contributed by atoms with E-state index in [0.717, 1.165) is 6.54 Å². The van der Waals surface area contributed by atoms with Gasteiger partial charge in [-0.15, -0.1) is 0 Å². The average Bonchev–Trinajstić information content (AvgIpc) is 2.15. The van der Waals surface area contributed by atoms with Gasteiger partial charge in [-0.3, -0.25) is 4.79 Å². The predicted octanol–water partition coefficient (Wildman–Crippen LogP) is 2.50. The first-order valence-electron chi connectivity index (χ1n) is 6.39. The van der Waals surface area contributed by atoms with E-state index in [2.05, 4.69) is 19.2 Å². The maximum atomic E-state index is 12.0. The number of nitrogens with one attached hydrogen (secondary N) is 1. The minimum atomic E-state index is -0.385. The van der Waals surface area contributed by atoms with Crippen molar-refractivity contribution in [1.29, 1.82) is 0 Å². The van der Waals surface area contributed by atoms with Gasteiger partial charge in [0.25, 0.3) is 0 Å². The molecule has 0 aliphatic carbocycles. The second kappa shape index (κ2) is 6.50. The fourth-order valence-electron chi connectivity index (χ4n) is 1.96. The number of ether oxygens (including phenoxy) is 1. The van der Waals surface area contributed by atoms with E-state index in [1.165, 1.54) is 0 Å². The fourth-order valence-corrected chi connectivity index (χ4v) is 1.96. The first kappa shape index (κ1) is 16.6. The van der Waals surface area contributed by atoms with Gasteiger partial charge in [-0.2, -0.15) is 0 Å². The van der Waals surface area contributed by atoms with E-state index >= 15 is 0 Å². The summed E-state index contributed by atoms with van der Waals surface area (Å²) in [5.74, 6) is 0.336. The standard InChI is InChI=1S/C14H29NO2/c1-11(2)12(16)14(5,6)10-17-9-13(3,4)8-15-7/h11,15H,8-10H2,1-7H3. The van der Waals surface area contributed by atoms with Crippen molar-refractivity contribution >= 4 is 5.78 Å². The highest BCUT2D eigenvalue weighted by atomic mass is 16.5. The molecule has 3 heteroatoms. The van der Waals surface area contributed by atoms with Crippen LogP contribution in [0.25, 0.3) is 0 Å². The van der Waals surface area contributed by atoms with Crippen LogP contribution in [0.2, 0.25) is 0 Å². The Bertz CT molecular complexity index is 245. The van der Waals surface area contributed by atoms with Gasteiger partial charge in [0, 0.05) is 23.3 Å². The number of Topliss-reactive ketones (excluding diaryl/α,β-unsaturated/α-hetero) is 1. The topological polar surface area (TPSA) is 38.3 Å². The van der Waals surface area contributed by atoms with Gasteiger partial charge in [0.15, 0.2) is 0 Å². The monoisotopic (exact) mass is 243 g/mol. The molecule has 1 N–H and O–H groups in total. The Hall–Kier alpha value is -0.410. The van der Waals surface area contributed by atoms with Gasteiger partial charge in [0.2, 0.25) is 0 Å². The summed E-state index contributed by atoms with van der Waals surface area (Å²) < 4.78 is 5.73. The highest BCUT2D eigenvalue weighted by Gasteiger charge is 2.30. The van der Waals surface area contributed by atoms with Crippen LogP contribution in [0, 0.1) is 16.7 Å². The summed E-state index contributed by atoms with van der Waals surface area (Å²) in [6.07, 6.45) is 0. The van der Waals surface area contributed by atoms with Crippen LogP contribution in [0.4, 0.5) is 0 Å². The van der Waals surface area contributed by atoms with Crippen molar-refractivity contribution < 1.29 is 9.53 Å². The van der Waals surface area contributed by atoms with E-state index in [1.807, 2.05) is 34.7 Å². The molecule has 0 aliphatic rings. The highest BCUT2D eigenvalue weighted by molar-refractivity contribution is 5.85. The van der Waals surface area contributed by atoms with Crippen LogP contribution in [0.5, 0.6) is 0 Å². The SMILES string of the molecule is CNCC(C)(C)COCC(C)(C)C(=O)C(C)C. The normalized spacial score (nSPS) is 13.2. The molecular formula is C14H29NO2. The fraction of sp³-hybridized carbons (Fsp3) is 0.929. The molecule has 0 unspecified atom stereocenters. The van der Waals surface area contributed by atoms with Gasteiger partial charge in [-0.05, 0) is 7.05 Å². The van der Waals surface area contributed by atoms with Crippen LogP contribution < -0.4 is 5.32 Å². The third kappa shape index (κ3) is 6.18. The minimum absolute atomic E-state index is 0.0684. The molecule has 0 aromatic rings. The van der Waals surface area contributed by atoms with E-state index in [4.69, 9.17) is 4.74 Å². The lowest BCUT2D eigenvalue weighted by Gasteiger charge is -2.29. The Labute approximate surface area is 106 Å². The number of carbonyl (C=O) groups excluding carboxylic acids is 1. The third-order valence-electron chi connectivity index (χ3n) is 2.80. The number of rotatable bonds is 8. The Kier molecular flexibility index (Phi) is 6.35. The lowest BCUT2D eigenvalue weighted by molar-refractivity contribution is -0.134. The number of carbonyl (C=O) groups is 1. The number of hydrogen-bond donors (Lipinski definition) is 1. The van der Waals surface area contributed by atoms with Crippen molar-refractivity contribution in [3.8, 4) is 0 Å². The minimum Gasteiger partial charge on any atom is -0.380 e. The first-order chi connectivity index (χ1) is 7.62. The molecule has 0 aromatic heterocycles. The van der Waals surface area contributed by atoms with Crippen molar-refractivity contribution in [1.82, 2.24) is 5.32 Å². The molecule has 0 fully saturated rings. The van der Waals surface area contributed by atoms with Crippen LogP contribution in [0.15, 0.2) is 0 Å². The average molecular weight is 243 g/mol. The number of hydrogen-bond acceptors (Lipinski definition) is 3. The van der Waals surface area contributed by atoms with Crippen LogP contribution >= 0.6 is 0 Å². The molecule has 0 saturated heterocycles. The molecule has 0 radical (unpaired) electrons. The van der Waals surface area contributed by atoms with E-state index in [9.17, 15) is 4.79 Å². The quantitative estimate of drug-likeness (QED) is 0.712. The molecule has 0 rings (SSSR count). The lowest BCUT2D eigenvalue weighted by atomic mass is 9.83. The molecule has 0 spiro atoms. The maximum absolute atomic E-state index is 12.0. The van der Waals surface area contributed by atoms with Crippen molar-refractivity contribution in [2.45, 2.75) is 41.5 Å². The summed E-state index contributed by atoms with van der Waals surface area (Å²) in [6, 6.07) is 0. The van der Waals surface area contributed by atoms with Gasteiger partial charge in [-0.25, -0.2) is 0 Å². The van der Waals surface area contributed by atoms with E-state index < -0.39 is 0 Å². The molecule has 3 nitrogen and oxygen atoms in total. The smallest absolute Gasteiger partial charge is 0.143 e. The summed E-state index contributed by atoms with van der Waals surface area (Å²) in [7, 11) is 1.94. The summed E-state index contributed by atoms with van der Waals surface area (Å²) >= 11 is 0. The molecular weight excluding hydrogens is 214 g/mol. The molecule has 102 valence electrons. The van der Waals surface area contributed by atoms with E-state index in [-0.39, 0.29) is 22.5 Å². The van der Waals surface area contributed by atoms with Crippen molar-refractivity contribution in [3.63, 3.8) is 0 Å². The zero-order valence-electron chi connectivity index (χ0n) is 12.5. The first-order valence-corrected chi connectivity index (χ1v) is 6.39. The predicted molar refractivity (Wildman–Crippen MR) is 72.2 cm³/mol. The molecule has 0 aliphatic heterocycles. The van der Waals surface area contributed by atoms with Crippen molar-refractivity contribution in [2.75, 3.05) is 26.8 Å². The Balaban J connectivity index is 4.16. The van der Waals surface area contributed by atoms with Crippen LogP contribution in [0.3, 0.4) is 0 Å². The Morgan fingerprint density at radius 3 is 2.12 bits per heavy atom. The second-order valence-electron chi connectivity index (χ2n) is 6.59. The highest BCUT2D eigenvalue weighted by Crippen LogP contribution is 2.23. The maximum Gasteiger partial charge on any atom is 0.143 e. The van der Waals surface area contributed by atoms with Gasteiger partial charge >= 0.3 is 0 Å². The largest absolute Gasteiger partial charge is 0.380 e. The molecule has 17 heavy (non-hydrogen) atoms. The van der Waals surface area contributed by atoms with Gasteiger partial charge < -0.3 is 10.1 Å². The Morgan fingerprint density at radius 2 is 1.71 bits per heavy atom. The van der Waals surface area contributed by atoms with E-state index in [1.54, 1.807) is 0 Å².